The molecule has 0 heterocycles. The van der Waals surface area contributed by atoms with Gasteiger partial charge >= 0.3 is 12.1 Å². The van der Waals surface area contributed by atoms with Crippen molar-refractivity contribution in [1.82, 2.24) is 0 Å². The molecular weight excluding hydrogens is 174 g/mol. The molecule has 0 unspecified atom stereocenters. The Hall–Kier alpha value is -2.04. The molecule has 3 N–H and O–H groups in total. The van der Waals surface area contributed by atoms with Gasteiger partial charge in [-0.05, 0) is 24.3 Å². The van der Waals surface area contributed by atoms with Gasteiger partial charge in [0.2, 0.25) is 0 Å². The number of benzene rings is 1. The molecule has 0 aliphatic rings. The number of ether oxygens (including phenoxy) is 1. The first-order valence-electron chi connectivity index (χ1n) is 3.40. The molecule has 68 valence electrons. The highest BCUT2D eigenvalue weighted by Gasteiger charge is 2.10. The molecule has 13 heavy (non-hydrogen) atoms. The lowest BCUT2D eigenvalue weighted by atomic mass is 10.2. The van der Waals surface area contributed by atoms with Gasteiger partial charge in [0.05, 0.1) is 5.56 Å². The number of hydrogen-bond donors (Lipinski definition) is 2. The monoisotopic (exact) mass is 181 g/mol. The Kier molecular flexibility index (Phi) is 2.49. The van der Waals surface area contributed by atoms with Crippen molar-refractivity contribution in [3.8, 4) is 0 Å². The van der Waals surface area contributed by atoms with Crippen molar-refractivity contribution in [3.63, 3.8) is 0 Å². The van der Waals surface area contributed by atoms with Crippen molar-refractivity contribution in [2.75, 3.05) is 5.73 Å². The molecule has 0 radical (unpaired) electrons. The maximum absolute atomic E-state index is 10.9. The molecule has 0 aromatic heterocycles. The highest BCUT2D eigenvalue weighted by molar-refractivity contribution is 5.95. The van der Waals surface area contributed by atoms with E-state index in [1.54, 1.807) is 0 Å². The molecule has 0 spiro atoms. The van der Waals surface area contributed by atoms with Gasteiger partial charge in [0.25, 0.3) is 0 Å². The topological polar surface area (TPSA) is 89.6 Å². The minimum Gasteiger partial charge on any atom is -0.449 e. The van der Waals surface area contributed by atoms with E-state index in [0.717, 1.165) is 0 Å². The average molecular weight is 181 g/mol. The number of nitrogen functional groups attached to an aromatic ring is 1. The third kappa shape index (κ3) is 2.48. The highest BCUT2D eigenvalue weighted by atomic mass is 16.7. The largest absolute Gasteiger partial charge is 0.513 e. The van der Waals surface area contributed by atoms with Gasteiger partial charge in [-0.2, -0.15) is 0 Å². The van der Waals surface area contributed by atoms with Gasteiger partial charge in [-0.3, -0.25) is 0 Å². The molecule has 5 nitrogen and oxygen atoms in total. The van der Waals surface area contributed by atoms with Crippen LogP contribution in [0.3, 0.4) is 0 Å². The number of carboxylic acid groups (broad SMARTS) is 1. The summed E-state index contributed by atoms with van der Waals surface area (Å²) in [7, 11) is 0. The predicted molar refractivity (Wildman–Crippen MR) is 44.3 cm³/mol. The second-order valence-electron chi connectivity index (χ2n) is 2.28. The molecule has 0 saturated carbocycles. The van der Waals surface area contributed by atoms with Crippen LogP contribution in [0.15, 0.2) is 24.3 Å². The summed E-state index contributed by atoms with van der Waals surface area (Å²) in [6, 6.07) is 5.75. The summed E-state index contributed by atoms with van der Waals surface area (Å²) < 4.78 is 3.91. The van der Waals surface area contributed by atoms with Gasteiger partial charge in [-0.15, -0.1) is 0 Å². The van der Waals surface area contributed by atoms with Crippen LogP contribution in [0.5, 0.6) is 0 Å². The standard InChI is InChI=1S/C8H7NO4/c9-6-3-1-5(2-4-6)7(10)13-8(11)12/h1-4H,9H2,(H,11,12). The van der Waals surface area contributed by atoms with E-state index in [9.17, 15) is 9.59 Å². The third-order valence-electron chi connectivity index (χ3n) is 1.33. The molecule has 5 heteroatoms. The number of esters is 1. The molecule has 0 bridgehead atoms. The zero-order valence-corrected chi connectivity index (χ0v) is 6.56. The quantitative estimate of drug-likeness (QED) is 0.384. The zero-order chi connectivity index (χ0) is 9.84. The SMILES string of the molecule is Nc1ccc(C(=O)OC(=O)O)cc1. The Morgan fingerprint density at radius 3 is 2.23 bits per heavy atom. The van der Waals surface area contributed by atoms with E-state index in [2.05, 4.69) is 4.74 Å². The van der Waals surface area contributed by atoms with Crippen molar-refractivity contribution in [3.05, 3.63) is 29.8 Å². The van der Waals surface area contributed by atoms with Crippen LogP contribution in [0.25, 0.3) is 0 Å². The summed E-state index contributed by atoms with van der Waals surface area (Å²) in [5, 5.41) is 8.13. The van der Waals surface area contributed by atoms with Gasteiger partial charge in [-0.25, -0.2) is 9.59 Å². The smallest absolute Gasteiger partial charge is 0.449 e. The average Bonchev–Trinajstić information content (AvgIpc) is 2.04. The van der Waals surface area contributed by atoms with E-state index in [4.69, 9.17) is 10.8 Å². The van der Waals surface area contributed by atoms with E-state index in [0.29, 0.717) is 5.69 Å². The second-order valence-corrected chi connectivity index (χ2v) is 2.28. The Morgan fingerprint density at radius 2 is 1.77 bits per heavy atom. The van der Waals surface area contributed by atoms with Gasteiger partial charge in [0, 0.05) is 5.69 Å². The lowest BCUT2D eigenvalue weighted by molar-refractivity contribution is 0.0509. The van der Waals surface area contributed by atoms with Crippen LogP contribution in [0.2, 0.25) is 0 Å². The molecule has 0 atom stereocenters. The number of carbonyl (C=O) groups is 2. The Labute approximate surface area is 73.7 Å². The van der Waals surface area contributed by atoms with Crippen LogP contribution in [0, 0.1) is 0 Å². The number of anilines is 1. The van der Waals surface area contributed by atoms with Crippen molar-refractivity contribution in [2.45, 2.75) is 0 Å². The van der Waals surface area contributed by atoms with Crippen molar-refractivity contribution < 1.29 is 19.4 Å². The molecule has 1 aromatic rings. The fourth-order valence-corrected chi connectivity index (χ4v) is 0.757. The second kappa shape index (κ2) is 3.57. The van der Waals surface area contributed by atoms with Gasteiger partial charge < -0.3 is 15.6 Å². The Balaban J connectivity index is 2.78. The van der Waals surface area contributed by atoms with Gasteiger partial charge in [0.1, 0.15) is 0 Å². The number of rotatable bonds is 1. The summed E-state index contributed by atoms with van der Waals surface area (Å²) in [4.78, 5) is 20.9. The van der Waals surface area contributed by atoms with Crippen molar-refractivity contribution in [1.29, 1.82) is 0 Å². The lowest BCUT2D eigenvalue weighted by Crippen LogP contribution is -2.09. The maximum atomic E-state index is 10.9. The molecule has 0 saturated heterocycles. The molecular formula is C8H7NO4. The van der Waals surface area contributed by atoms with E-state index >= 15 is 0 Å². The first-order chi connectivity index (χ1) is 6.09. The first kappa shape index (κ1) is 9.05. The summed E-state index contributed by atoms with van der Waals surface area (Å²) in [5.74, 6) is -0.910. The molecule has 1 aromatic carbocycles. The van der Waals surface area contributed by atoms with E-state index in [1.165, 1.54) is 24.3 Å². The fourth-order valence-electron chi connectivity index (χ4n) is 0.757. The lowest BCUT2D eigenvalue weighted by Gasteiger charge is -1.98. The molecule has 0 fully saturated rings. The highest BCUT2D eigenvalue weighted by Crippen LogP contribution is 2.06. The first-order valence-corrected chi connectivity index (χ1v) is 3.40. The molecule has 0 aliphatic carbocycles. The molecule has 0 amide bonds. The minimum atomic E-state index is -1.62. The van der Waals surface area contributed by atoms with Crippen LogP contribution < -0.4 is 5.73 Å². The van der Waals surface area contributed by atoms with Crippen LogP contribution in [0.4, 0.5) is 10.5 Å². The fraction of sp³-hybridized carbons (Fsp3) is 0. The zero-order valence-electron chi connectivity index (χ0n) is 6.56. The van der Waals surface area contributed by atoms with Crippen LogP contribution in [-0.4, -0.2) is 17.2 Å². The van der Waals surface area contributed by atoms with E-state index < -0.39 is 12.1 Å². The molecule has 0 aliphatic heterocycles. The third-order valence-corrected chi connectivity index (χ3v) is 1.33. The Bertz CT molecular complexity index is 331. The summed E-state index contributed by atoms with van der Waals surface area (Å²) in [6.07, 6.45) is -1.62. The van der Waals surface area contributed by atoms with Crippen LogP contribution in [0.1, 0.15) is 10.4 Å². The van der Waals surface area contributed by atoms with Crippen LogP contribution >= 0.6 is 0 Å². The van der Waals surface area contributed by atoms with Crippen LogP contribution in [-0.2, 0) is 4.74 Å². The number of carbonyl (C=O) groups excluding carboxylic acids is 1. The summed E-state index contributed by atoms with van der Waals surface area (Å²) in [6.45, 7) is 0. The van der Waals surface area contributed by atoms with Crippen molar-refractivity contribution in [2.24, 2.45) is 0 Å². The predicted octanol–water partition coefficient (Wildman–Crippen LogP) is 1.10. The van der Waals surface area contributed by atoms with Gasteiger partial charge in [-0.1, -0.05) is 0 Å². The van der Waals surface area contributed by atoms with E-state index in [1.807, 2.05) is 0 Å². The number of nitrogens with two attached hydrogens (primary N) is 1. The maximum Gasteiger partial charge on any atom is 0.513 e. The van der Waals surface area contributed by atoms with Crippen molar-refractivity contribution >= 4 is 17.8 Å². The minimum absolute atomic E-state index is 0.150. The number of hydrogen-bond acceptors (Lipinski definition) is 4. The normalized spacial score (nSPS) is 9.23. The van der Waals surface area contributed by atoms with E-state index in [-0.39, 0.29) is 5.56 Å². The summed E-state index contributed by atoms with van der Waals surface area (Å²) in [5.41, 5.74) is 6.00. The summed E-state index contributed by atoms with van der Waals surface area (Å²) >= 11 is 0. The molecule has 1 rings (SSSR count). The van der Waals surface area contributed by atoms with Gasteiger partial charge in [0.15, 0.2) is 0 Å². The Morgan fingerprint density at radius 1 is 1.23 bits per heavy atom.